The molecule has 2 saturated heterocycles. The van der Waals surface area contributed by atoms with Crippen LogP contribution in [0.2, 0.25) is 5.02 Å². The van der Waals surface area contributed by atoms with E-state index in [1.807, 2.05) is 0 Å². The normalized spacial score (nSPS) is 18.6. The lowest BCUT2D eigenvalue weighted by atomic mass is 10.0. The number of likely N-dealkylation sites (tertiary alicyclic amines) is 1. The van der Waals surface area contributed by atoms with Gasteiger partial charge in [-0.05, 0) is 24.3 Å². The average molecular weight is 408 g/mol. The first kappa shape index (κ1) is 18.4. The number of hydrogen-bond acceptors (Lipinski definition) is 6. The van der Waals surface area contributed by atoms with Crippen molar-refractivity contribution in [1.82, 2.24) is 9.88 Å². The number of amides is 2. The van der Waals surface area contributed by atoms with Gasteiger partial charge in [-0.3, -0.25) is 14.9 Å². The molecule has 2 aliphatic rings. The number of thiazole rings is 1. The highest BCUT2D eigenvalue weighted by atomic mass is 35.5. The molecule has 3 heterocycles. The second-order valence-electron chi connectivity index (χ2n) is 6.40. The van der Waals surface area contributed by atoms with Gasteiger partial charge in [-0.25, -0.2) is 4.98 Å². The maximum atomic E-state index is 12.7. The lowest BCUT2D eigenvalue weighted by Gasteiger charge is -2.37. The maximum absolute atomic E-state index is 12.7. The summed E-state index contributed by atoms with van der Waals surface area (Å²) in [6, 6.07) is 6.56. The van der Waals surface area contributed by atoms with Gasteiger partial charge < -0.3 is 14.4 Å². The molecule has 1 aromatic heterocycles. The standard InChI is InChI=1S/C18H18ClN3O4S/c19-13-3-1-12(2-4-13)15(23)21-17-20-14(11-27-17)16(24)22-7-5-18(6-8-22)25-9-10-26-18/h1-4,11H,5-10H2,(H,20,21,23). The zero-order valence-corrected chi connectivity index (χ0v) is 16.0. The number of hydrogen-bond donors (Lipinski definition) is 1. The van der Waals surface area contributed by atoms with Crippen LogP contribution in [0.4, 0.5) is 5.13 Å². The Morgan fingerprint density at radius 2 is 1.81 bits per heavy atom. The van der Waals surface area contributed by atoms with Gasteiger partial charge in [-0.1, -0.05) is 11.6 Å². The van der Waals surface area contributed by atoms with Gasteiger partial charge in [-0.15, -0.1) is 11.3 Å². The molecule has 142 valence electrons. The molecular formula is C18H18ClN3O4S. The highest BCUT2D eigenvalue weighted by molar-refractivity contribution is 7.14. The molecule has 27 heavy (non-hydrogen) atoms. The summed E-state index contributed by atoms with van der Waals surface area (Å²) in [6.45, 7) is 2.33. The first-order chi connectivity index (χ1) is 13.0. The van der Waals surface area contributed by atoms with Crippen molar-refractivity contribution in [2.75, 3.05) is 31.6 Å². The van der Waals surface area contributed by atoms with Crippen LogP contribution in [0.5, 0.6) is 0 Å². The Hall–Kier alpha value is -2.00. The van der Waals surface area contributed by atoms with Gasteiger partial charge in [0.05, 0.1) is 13.2 Å². The van der Waals surface area contributed by atoms with E-state index in [4.69, 9.17) is 21.1 Å². The molecule has 0 atom stereocenters. The van der Waals surface area contributed by atoms with Crippen molar-refractivity contribution in [3.63, 3.8) is 0 Å². The molecule has 2 aromatic rings. The number of aromatic nitrogens is 1. The van der Waals surface area contributed by atoms with E-state index in [1.165, 1.54) is 11.3 Å². The van der Waals surface area contributed by atoms with Gasteiger partial charge in [-0.2, -0.15) is 0 Å². The number of nitrogens with zero attached hydrogens (tertiary/aromatic N) is 2. The molecule has 2 fully saturated rings. The van der Waals surface area contributed by atoms with E-state index in [0.717, 1.165) is 0 Å². The van der Waals surface area contributed by atoms with E-state index >= 15 is 0 Å². The number of nitrogens with one attached hydrogen (secondary N) is 1. The highest BCUT2D eigenvalue weighted by Gasteiger charge is 2.41. The van der Waals surface area contributed by atoms with E-state index < -0.39 is 5.79 Å². The quantitative estimate of drug-likeness (QED) is 0.845. The van der Waals surface area contributed by atoms with Crippen LogP contribution in [-0.2, 0) is 9.47 Å². The van der Waals surface area contributed by atoms with Gasteiger partial charge in [0.15, 0.2) is 10.9 Å². The number of benzene rings is 1. The van der Waals surface area contributed by atoms with Gasteiger partial charge in [0.25, 0.3) is 11.8 Å². The summed E-state index contributed by atoms with van der Waals surface area (Å²) >= 11 is 7.05. The summed E-state index contributed by atoms with van der Waals surface area (Å²) in [5.41, 5.74) is 0.802. The fraction of sp³-hybridized carbons (Fsp3) is 0.389. The van der Waals surface area contributed by atoms with Crippen LogP contribution in [0, 0.1) is 0 Å². The molecule has 0 saturated carbocycles. The molecule has 1 spiro atoms. The maximum Gasteiger partial charge on any atom is 0.273 e. The molecule has 2 aliphatic heterocycles. The number of halogens is 1. The van der Waals surface area contributed by atoms with Crippen molar-refractivity contribution >= 4 is 39.9 Å². The van der Waals surface area contributed by atoms with Gasteiger partial charge in [0, 0.05) is 41.9 Å². The van der Waals surface area contributed by atoms with Crippen molar-refractivity contribution in [3.8, 4) is 0 Å². The Morgan fingerprint density at radius 3 is 2.48 bits per heavy atom. The Bertz CT molecular complexity index is 839. The van der Waals surface area contributed by atoms with Crippen molar-refractivity contribution in [2.45, 2.75) is 18.6 Å². The van der Waals surface area contributed by atoms with Crippen LogP contribution in [0.3, 0.4) is 0 Å². The molecule has 1 N–H and O–H groups in total. The molecule has 0 radical (unpaired) electrons. The third-order valence-electron chi connectivity index (χ3n) is 4.68. The second-order valence-corrected chi connectivity index (χ2v) is 7.69. The number of piperidine rings is 1. The van der Waals surface area contributed by atoms with Crippen LogP contribution < -0.4 is 5.32 Å². The van der Waals surface area contributed by atoms with E-state index in [-0.39, 0.29) is 11.8 Å². The van der Waals surface area contributed by atoms with Crippen LogP contribution in [0.1, 0.15) is 33.7 Å². The average Bonchev–Trinajstić information content (AvgIpc) is 3.32. The molecule has 0 unspecified atom stereocenters. The number of ether oxygens (including phenoxy) is 2. The lowest BCUT2D eigenvalue weighted by molar-refractivity contribution is -0.181. The minimum Gasteiger partial charge on any atom is -0.347 e. The predicted octanol–water partition coefficient (Wildman–Crippen LogP) is 3.03. The fourth-order valence-electron chi connectivity index (χ4n) is 3.20. The Morgan fingerprint density at radius 1 is 1.15 bits per heavy atom. The number of carbonyl (C=O) groups excluding carboxylic acids is 2. The van der Waals surface area contributed by atoms with Gasteiger partial charge >= 0.3 is 0 Å². The van der Waals surface area contributed by atoms with Gasteiger partial charge in [0.1, 0.15) is 5.69 Å². The summed E-state index contributed by atoms with van der Waals surface area (Å²) in [7, 11) is 0. The summed E-state index contributed by atoms with van der Waals surface area (Å²) in [5.74, 6) is -0.960. The van der Waals surface area contributed by atoms with Gasteiger partial charge in [0.2, 0.25) is 0 Å². The SMILES string of the molecule is O=C(Nc1nc(C(=O)N2CCC3(CC2)OCCO3)cs1)c1ccc(Cl)cc1. The highest BCUT2D eigenvalue weighted by Crippen LogP contribution is 2.32. The zero-order chi connectivity index (χ0) is 18.9. The van der Waals surface area contributed by atoms with Crippen molar-refractivity contribution in [1.29, 1.82) is 0 Å². The Balaban J connectivity index is 1.36. The summed E-state index contributed by atoms with van der Waals surface area (Å²) in [4.78, 5) is 30.9. The van der Waals surface area contributed by atoms with Crippen LogP contribution >= 0.6 is 22.9 Å². The molecule has 4 rings (SSSR count). The summed E-state index contributed by atoms with van der Waals surface area (Å²) in [5, 5.41) is 5.31. The number of rotatable bonds is 3. The van der Waals surface area contributed by atoms with Crippen molar-refractivity contribution in [2.24, 2.45) is 0 Å². The number of anilines is 1. The molecule has 9 heteroatoms. The van der Waals surface area contributed by atoms with E-state index in [0.29, 0.717) is 60.6 Å². The van der Waals surface area contributed by atoms with E-state index in [9.17, 15) is 9.59 Å². The third-order valence-corrected chi connectivity index (χ3v) is 5.69. The number of carbonyl (C=O) groups is 2. The second kappa shape index (κ2) is 7.55. The van der Waals surface area contributed by atoms with Crippen LogP contribution in [0.25, 0.3) is 0 Å². The molecule has 1 aromatic carbocycles. The third kappa shape index (κ3) is 3.98. The summed E-state index contributed by atoms with van der Waals surface area (Å²) < 4.78 is 11.4. The largest absolute Gasteiger partial charge is 0.347 e. The van der Waals surface area contributed by atoms with E-state index in [2.05, 4.69) is 10.3 Å². The smallest absolute Gasteiger partial charge is 0.273 e. The van der Waals surface area contributed by atoms with Crippen molar-refractivity contribution in [3.05, 3.63) is 45.9 Å². The first-order valence-corrected chi connectivity index (χ1v) is 9.90. The lowest BCUT2D eigenvalue weighted by Crippen LogP contribution is -2.47. The van der Waals surface area contributed by atoms with Crippen LogP contribution in [0.15, 0.2) is 29.6 Å². The van der Waals surface area contributed by atoms with Crippen molar-refractivity contribution < 1.29 is 19.1 Å². The Kier molecular flexibility index (Phi) is 5.14. The van der Waals surface area contributed by atoms with E-state index in [1.54, 1.807) is 34.5 Å². The molecule has 0 bridgehead atoms. The minimum atomic E-state index is -0.517. The zero-order valence-electron chi connectivity index (χ0n) is 14.4. The molecule has 2 amide bonds. The molecule has 0 aliphatic carbocycles. The minimum absolute atomic E-state index is 0.147. The molecular weight excluding hydrogens is 390 g/mol. The summed E-state index contributed by atoms with van der Waals surface area (Å²) in [6.07, 6.45) is 1.31. The predicted molar refractivity (Wildman–Crippen MR) is 101 cm³/mol. The monoisotopic (exact) mass is 407 g/mol. The first-order valence-electron chi connectivity index (χ1n) is 8.64. The molecule has 7 nitrogen and oxygen atoms in total. The Labute approximate surface area is 165 Å². The fourth-order valence-corrected chi connectivity index (χ4v) is 4.00. The topological polar surface area (TPSA) is 80.8 Å². The van der Waals surface area contributed by atoms with Crippen LogP contribution in [-0.4, -0.2) is 53.8 Å².